The van der Waals surface area contributed by atoms with Gasteiger partial charge in [0, 0.05) is 19.5 Å². The van der Waals surface area contributed by atoms with Crippen LogP contribution < -0.4 is 15.0 Å². The van der Waals surface area contributed by atoms with Gasteiger partial charge in [0.2, 0.25) is 5.91 Å². The molecule has 0 atom stereocenters. The van der Waals surface area contributed by atoms with E-state index in [1.807, 2.05) is 4.90 Å². The van der Waals surface area contributed by atoms with Gasteiger partial charge in [0.1, 0.15) is 11.4 Å². The zero-order valence-electron chi connectivity index (χ0n) is 10.7. The standard InChI is InChI=1S/C13H16N2O4/c1-19-10-4-2-3-9-13(10)15(8-6-12(17)18)7-5-11(16)14-9/h2-4H,5-8H2,1H3,(H,14,16)(H,17,18). The van der Waals surface area contributed by atoms with Gasteiger partial charge in [0.15, 0.2) is 0 Å². The molecule has 19 heavy (non-hydrogen) atoms. The molecule has 0 bridgehead atoms. The number of para-hydroxylation sites is 1. The number of fused-ring (bicyclic) bond motifs is 1. The lowest BCUT2D eigenvalue weighted by Crippen LogP contribution is -2.27. The Hall–Kier alpha value is -2.24. The van der Waals surface area contributed by atoms with Gasteiger partial charge in [-0.1, -0.05) is 6.07 Å². The van der Waals surface area contributed by atoms with Crippen LogP contribution >= 0.6 is 0 Å². The molecule has 0 aromatic heterocycles. The Bertz CT molecular complexity index is 501. The Morgan fingerprint density at radius 3 is 3.00 bits per heavy atom. The number of rotatable bonds is 4. The quantitative estimate of drug-likeness (QED) is 0.857. The molecule has 0 fully saturated rings. The van der Waals surface area contributed by atoms with Crippen LogP contribution in [0.3, 0.4) is 0 Å². The van der Waals surface area contributed by atoms with Crippen molar-refractivity contribution in [3.05, 3.63) is 18.2 Å². The topological polar surface area (TPSA) is 78.9 Å². The molecule has 102 valence electrons. The maximum absolute atomic E-state index is 11.6. The third-order valence-electron chi connectivity index (χ3n) is 3.01. The largest absolute Gasteiger partial charge is 0.495 e. The van der Waals surface area contributed by atoms with Gasteiger partial charge in [0.05, 0.1) is 19.2 Å². The molecule has 0 aliphatic carbocycles. The van der Waals surface area contributed by atoms with Crippen LogP contribution in [-0.2, 0) is 9.59 Å². The lowest BCUT2D eigenvalue weighted by Gasteiger charge is -2.25. The molecule has 1 aromatic carbocycles. The minimum absolute atomic E-state index is 0.0195. The first kappa shape index (κ1) is 13.2. The molecular weight excluding hydrogens is 248 g/mol. The number of amides is 1. The third-order valence-corrected chi connectivity index (χ3v) is 3.01. The number of carbonyl (C=O) groups is 2. The molecule has 1 amide bonds. The predicted molar refractivity (Wildman–Crippen MR) is 70.7 cm³/mol. The van der Waals surface area contributed by atoms with E-state index in [1.165, 1.54) is 0 Å². The summed E-state index contributed by atoms with van der Waals surface area (Å²) in [6, 6.07) is 5.37. The molecule has 1 heterocycles. The molecular formula is C13H16N2O4. The summed E-state index contributed by atoms with van der Waals surface area (Å²) in [6.07, 6.45) is 0.350. The van der Waals surface area contributed by atoms with Crippen LogP contribution in [0.1, 0.15) is 12.8 Å². The maximum atomic E-state index is 11.6. The highest BCUT2D eigenvalue weighted by atomic mass is 16.5. The number of ether oxygens (including phenoxy) is 1. The van der Waals surface area contributed by atoms with Crippen molar-refractivity contribution < 1.29 is 19.4 Å². The lowest BCUT2D eigenvalue weighted by molar-refractivity contribution is -0.136. The second kappa shape index (κ2) is 5.60. The third kappa shape index (κ3) is 2.96. The van der Waals surface area contributed by atoms with Crippen LogP contribution in [0.25, 0.3) is 0 Å². The summed E-state index contributed by atoms with van der Waals surface area (Å²) in [5, 5.41) is 11.6. The minimum atomic E-state index is -0.861. The highest BCUT2D eigenvalue weighted by Gasteiger charge is 2.22. The summed E-state index contributed by atoms with van der Waals surface area (Å²) in [6.45, 7) is 0.824. The van der Waals surface area contributed by atoms with Gasteiger partial charge in [-0.25, -0.2) is 0 Å². The van der Waals surface area contributed by atoms with E-state index in [0.29, 0.717) is 30.9 Å². The fraction of sp³-hybridized carbons (Fsp3) is 0.385. The minimum Gasteiger partial charge on any atom is -0.495 e. The second-order valence-electron chi connectivity index (χ2n) is 4.29. The number of hydrogen-bond donors (Lipinski definition) is 2. The number of methoxy groups -OCH3 is 1. The average molecular weight is 264 g/mol. The van der Waals surface area contributed by atoms with Gasteiger partial charge in [-0.3, -0.25) is 9.59 Å². The van der Waals surface area contributed by atoms with E-state index in [2.05, 4.69) is 5.32 Å². The smallest absolute Gasteiger partial charge is 0.305 e. The molecule has 1 aliphatic rings. The highest BCUT2D eigenvalue weighted by Crippen LogP contribution is 2.37. The molecule has 2 rings (SSSR count). The summed E-state index contributed by atoms with van der Waals surface area (Å²) < 4.78 is 5.30. The number of anilines is 2. The van der Waals surface area contributed by atoms with Gasteiger partial charge in [-0.05, 0) is 12.1 Å². The number of carbonyl (C=O) groups excluding carboxylic acids is 1. The summed E-state index contributed by atoms with van der Waals surface area (Å²) in [7, 11) is 1.55. The first-order valence-electron chi connectivity index (χ1n) is 6.05. The fourth-order valence-corrected chi connectivity index (χ4v) is 2.13. The van der Waals surface area contributed by atoms with Crippen LogP contribution in [0, 0.1) is 0 Å². The fourth-order valence-electron chi connectivity index (χ4n) is 2.13. The van der Waals surface area contributed by atoms with Crippen LogP contribution in [0.4, 0.5) is 11.4 Å². The first-order chi connectivity index (χ1) is 9.11. The van der Waals surface area contributed by atoms with E-state index in [4.69, 9.17) is 9.84 Å². The van der Waals surface area contributed by atoms with Gasteiger partial charge in [-0.2, -0.15) is 0 Å². The summed E-state index contributed by atoms with van der Waals surface area (Å²) in [5.41, 5.74) is 1.41. The Morgan fingerprint density at radius 1 is 1.53 bits per heavy atom. The number of nitrogens with zero attached hydrogens (tertiary/aromatic N) is 1. The summed E-state index contributed by atoms with van der Waals surface area (Å²) in [5.74, 6) is -0.308. The Kier molecular flexibility index (Phi) is 3.89. The van der Waals surface area contributed by atoms with Crippen LogP contribution in [0.5, 0.6) is 5.75 Å². The van der Waals surface area contributed by atoms with Gasteiger partial charge < -0.3 is 20.1 Å². The molecule has 0 saturated carbocycles. The molecule has 0 radical (unpaired) electrons. The van der Waals surface area contributed by atoms with Gasteiger partial charge in [0.25, 0.3) is 0 Å². The van der Waals surface area contributed by atoms with Gasteiger partial charge in [-0.15, -0.1) is 0 Å². The molecule has 2 N–H and O–H groups in total. The van der Waals surface area contributed by atoms with E-state index in [9.17, 15) is 9.59 Å². The molecule has 6 nitrogen and oxygen atoms in total. The number of carboxylic acids is 1. The number of benzene rings is 1. The maximum Gasteiger partial charge on any atom is 0.305 e. The van der Waals surface area contributed by atoms with Crippen LogP contribution in [-0.4, -0.2) is 37.2 Å². The van der Waals surface area contributed by atoms with Gasteiger partial charge >= 0.3 is 5.97 Å². The van der Waals surface area contributed by atoms with Crippen molar-refractivity contribution in [3.8, 4) is 5.75 Å². The zero-order valence-corrected chi connectivity index (χ0v) is 10.7. The number of aliphatic carboxylic acids is 1. The predicted octanol–water partition coefficient (Wildman–Crippen LogP) is 1.32. The zero-order chi connectivity index (χ0) is 13.8. The van der Waals surface area contributed by atoms with Crippen molar-refractivity contribution in [1.29, 1.82) is 0 Å². The second-order valence-corrected chi connectivity index (χ2v) is 4.29. The summed E-state index contributed by atoms with van der Waals surface area (Å²) in [4.78, 5) is 24.2. The number of nitrogens with one attached hydrogen (secondary N) is 1. The number of carboxylic acid groups (broad SMARTS) is 1. The molecule has 1 aromatic rings. The molecule has 0 spiro atoms. The van der Waals surface area contributed by atoms with E-state index in [-0.39, 0.29) is 12.3 Å². The first-order valence-corrected chi connectivity index (χ1v) is 6.05. The van der Waals surface area contributed by atoms with Crippen LogP contribution in [0.2, 0.25) is 0 Å². The van der Waals surface area contributed by atoms with E-state index in [0.717, 1.165) is 5.69 Å². The SMILES string of the molecule is COc1cccc2c1N(CCC(=O)O)CCC(=O)N2. The lowest BCUT2D eigenvalue weighted by atomic mass is 10.2. The van der Waals surface area contributed by atoms with E-state index >= 15 is 0 Å². The molecule has 6 heteroatoms. The van der Waals surface area contributed by atoms with Crippen molar-refractivity contribution in [1.82, 2.24) is 0 Å². The van der Waals surface area contributed by atoms with E-state index < -0.39 is 5.97 Å². The van der Waals surface area contributed by atoms with Crippen molar-refractivity contribution >= 4 is 23.3 Å². The highest BCUT2D eigenvalue weighted by molar-refractivity contribution is 5.97. The van der Waals surface area contributed by atoms with Crippen molar-refractivity contribution in [2.45, 2.75) is 12.8 Å². The normalized spacial score (nSPS) is 14.4. The Balaban J connectivity index is 2.36. The Morgan fingerprint density at radius 2 is 2.32 bits per heavy atom. The van der Waals surface area contributed by atoms with Crippen molar-refractivity contribution in [2.75, 3.05) is 30.4 Å². The molecule has 0 unspecified atom stereocenters. The van der Waals surface area contributed by atoms with E-state index in [1.54, 1.807) is 25.3 Å². The molecule has 1 aliphatic heterocycles. The van der Waals surface area contributed by atoms with Crippen LogP contribution in [0.15, 0.2) is 18.2 Å². The monoisotopic (exact) mass is 264 g/mol. The molecule has 0 saturated heterocycles. The average Bonchev–Trinajstić information content (AvgIpc) is 2.54. The number of hydrogen-bond acceptors (Lipinski definition) is 4. The van der Waals surface area contributed by atoms with Crippen molar-refractivity contribution in [2.24, 2.45) is 0 Å². The Labute approximate surface area is 111 Å². The summed E-state index contributed by atoms with van der Waals surface area (Å²) >= 11 is 0. The van der Waals surface area contributed by atoms with Crippen molar-refractivity contribution in [3.63, 3.8) is 0 Å².